The molecular formula is C18H26BNO2. The number of hydrogen-bond acceptors (Lipinski definition) is 3. The van der Waals surface area contributed by atoms with Crippen LogP contribution in [0.25, 0.3) is 0 Å². The molecule has 0 radical (unpaired) electrons. The zero-order valence-corrected chi connectivity index (χ0v) is 13.8. The van der Waals surface area contributed by atoms with Crippen molar-refractivity contribution < 1.29 is 9.31 Å². The molecule has 118 valence electrons. The Morgan fingerprint density at radius 1 is 1.23 bits per heavy atom. The Hall–Kier alpha value is -0.835. The maximum atomic E-state index is 6.43. The van der Waals surface area contributed by atoms with Crippen molar-refractivity contribution in [1.82, 2.24) is 0 Å². The average Bonchev–Trinajstić information content (AvgIpc) is 2.85. The molecule has 1 aromatic carbocycles. The highest BCUT2D eigenvalue weighted by atomic mass is 16.7. The van der Waals surface area contributed by atoms with Crippen LogP contribution in [0.4, 0.5) is 0 Å². The number of benzene rings is 1. The van der Waals surface area contributed by atoms with E-state index in [9.17, 15) is 0 Å². The van der Waals surface area contributed by atoms with Gasteiger partial charge in [0, 0.05) is 5.94 Å². The molecule has 4 fully saturated rings. The molecule has 4 aliphatic rings. The Bertz CT molecular complexity index is 563. The smallest absolute Gasteiger partial charge is 0.404 e. The zero-order valence-electron chi connectivity index (χ0n) is 13.8. The first-order chi connectivity index (χ1) is 10.4. The Morgan fingerprint density at radius 2 is 1.95 bits per heavy atom. The van der Waals surface area contributed by atoms with Crippen molar-refractivity contribution >= 4 is 7.12 Å². The molecule has 0 aromatic heterocycles. The second-order valence-corrected chi connectivity index (χ2v) is 8.19. The summed E-state index contributed by atoms with van der Waals surface area (Å²) in [6.45, 7) is 7.01. The highest BCUT2D eigenvalue weighted by Crippen LogP contribution is 2.65. The molecule has 1 aliphatic heterocycles. The third-order valence-electron chi connectivity index (χ3n) is 6.63. The van der Waals surface area contributed by atoms with Crippen molar-refractivity contribution in [3.05, 3.63) is 35.9 Å². The second-order valence-electron chi connectivity index (χ2n) is 8.19. The lowest BCUT2D eigenvalue weighted by atomic mass is 9.43. The lowest BCUT2D eigenvalue weighted by Gasteiger charge is -2.64. The summed E-state index contributed by atoms with van der Waals surface area (Å²) in [5.74, 6) is 1.27. The normalized spacial score (nSPS) is 40.0. The first-order valence-electron chi connectivity index (χ1n) is 8.54. The number of rotatable bonds is 3. The monoisotopic (exact) mass is 299 g/mol. The van der Waals surface area contributed by atoms with Gasteiger partial charge in [-0.05, 0) is 49.0 Å². The van der Waals surface area contributed by atoms with Gasteiger partial charge in [-0.1, -0.05) is 44.2 Å². The summed E-state index contributed by atoms with van der Waals surface area (Å²) < 4.78 is 12.7. The van der Waals surface area contributed by atoms with E-state index in [1.807, 2.05) is 6.07 Å². The molecule has 3 saturated carbocycles. The van der Waals surface area contributed by atoms with Crippen molar-refractivity contribution in [3.63, 3.8) is 0 Å². The molecule has 0 unspecified atom stereocenters. The van der Waals surface area contributed by atoms with E-state index < -0.39 is 0 Å². The van der Waals surface area contributed by atoms with E-state index in [1.165, 1.54) is 12.0 Å². The highest BCUT2D eigenvalue weighted by molar-refractivity contribution is 6.47. The van der Waals surface area contributed by atoms with Crippen molar-refractivity contribution in [1.29, 1.82) is 0 Å². The van der Waals surface area contributed by atoms with Crippen LogP contribution in [0.5, 0.6) is 0 Å². The first-order valence-corrected chi connectivity index (χ1v) is 8.54. The predicted octanol–water partition coefficient (Wildman–Crippen LogP) is 2.82. The number of hydrogen-bond donors (Lipinski definition) is 1. The van der Waals surface area contributed by atoms with Crippen LogP contribution in [-0.2, 0) is 15.7 Å². The molecule has 5 rings (SSSR count). The van der Waals surface area contributed by atoms with Crippen molar-refractivity contribution in [2.24, 2.45) is 23.0 Å². The molecule has 0 amide bonds. The standard InChI is InChI=1S/C18H26BNO2/c1-17(2)13-10-14(17)18(3)15(11-13)21-19(22-18)16(20)9-12-7-5-4-6-8-12/h4-8,13-16H,9-11,20H2,1-3H3/t13-,14-,15+,16-,18-/m1/s1. The van der Waals surface area contributed by atoms with Crippen LogP contribution in [0, 0.1) is 17.3 Å². The van der Waals surface area contributed by atoms with Gasteiger partial charge >= 0.3 is 7.12 Å². The maximum absolute atomic E-state index is 6.43. The van der Waals surface area contributed by atoms with Crippen molar-refractivity contribution in [2.75, 3.05) is 0 Å². The summed E-state index contributed by atoms with van der Waals surface area (Å²) in [6.07, 6.45) is 3.42. The van der Waals surface area contributed by atoms with E-state index in [-0.39, 0.29) is 24.8 Å². The van der Waals surface area contributed by atoms with Gasteiger partial charge in [-0.25, -0.2) is 0 Å². The molecule has 1 heterocycles. The molecule has 1 saturated heterocycles. The summed E-state index contributed by atoms with van der Waals surface area (Å²) in [5.41, 5.74) is 7.87. The van der Waals surface area contributed by atoms with Gasteiger partial charge in [0.25, 0.3) is 0 Å². The van der Waals surface area contributed by atoms with Gasteiger partial charge in [-0.15, -0.1) is 0 Å². The third-order valence-corrected chi connectivity index (χ3v) is 6.63. The van der Waals surface area contributed by atoms with Gasteiger partial charge in [0.15, 0.2) is 0 Å². The van der Waals surface area contributed by atoms with E-state index in [0.29, 0.717) is 11.3 Å². The quantitative estimate of drug-likeness (QED) is 0.873. The lowest BCUT2D eigenvalue weighted by Crippen LogP contribution is -2.65. The van der Waals surface area contributed by atoms with Gasteiger partial charge in [-0.2, -0.15) is 0 Å². The molecular weight excluding hydrogens is 273 g/mol. The van der Waals surface area contributed by atoms with Crippen molar-refractivity contribution in [3.8, 4) is 0 Å². The summed E-state index contributed by atoms with van der Waals surface area (Å²) in [5, 5.41) is 0. The molecule has 2 N–H and O–H groups in total. The largest absolute Gasteiger partial charge is 0.475 e. The zero-order chi connectivity index (χ0) is 15.5. The van der Waals surface area contributed by atoms with E-state index in [1.54, 1.807) is 0 Å². The topological polar surface area (TPSA) is 44.5 Å². The van der Waals surface area contributed by atoms with Crippen LogP contribution >= 0.6 is 0 Å². The molecule has 5 atom stereocenters. The minimum Gasteiger partial charge on any atom is -0.404 e. The Labute approximate surface area is 133 Å². The van der Waals surface area contributed by atoms with E-state index in [2.05, 4.69) is 45.0 Å². The summed E-state index contributed by atoms with van der Waals surface area (Å²) >= 11 is 0. The minimum absolute atomic E-state index is 0.106. The molecule has 2 bridgehead atoms. The minimum atomic E-state index is -0.273. The van der Waals surface area contributed by atoms with E-state index in [4.69, 9.17) is 15.0 Å². The van der Waals surface area contributed by atoms with Crippen LogP contribution in [0.15, 0.2) is 30.3 Å². The van der Waals surface area contributed by atoms with Gasteiger partial charge in [0.2, 0.25) is 0 Å². The fourth-order valence-electron chi connectivity index (χ4n) is 5.06. The van der Waals surface area contributed by atoms with Crippen LogP contribution in [-0.4, -0.2) is 24.8 Å². The average molecular weight is 299 g/mol. The molecule has 4 heteroatoms. The molecule has 1 aromatic rings. The summed E-state index contributed by atoms with van der Waals surface area (Å²) in [4.78, 5) is 0. The van der Waals surface area contributed by atoms with Crippen molar-refractivity contribution in [2.45, 2.75) is 57.7 Å². The van der Waals surface area contributed by atoms with E-state index in [0.717, 1.165) is 18.8 Å². The summed E-state index contributed by atoms with van der Waals surface area (Å²) in [7, 11) is -0.273. The van der Waals surface area contributed by atoms with Crippen LogP contribution in [0.1, 0.15) is 39.2 Å². The van der Waals surface area contributed by atoms with Gasteiger partial charge < -0.3 is 15.0 Å². The molecule has 3 aliphatic carbocycles. The van der Waals surface area contributed by atoms with E-state index >= 15 is 0 Å². The maximum Gasteiger partial charge on any atom is 0.475 e. The van der Waals surface area contributed by atoms with Crippen LogP contribution in [0.2, 0.25) is 0 Å². The molecule has 0 spiro atoms. The van der Waals surface area contributed by atoms with Gasteiger partial charge in [0.05, 0.1) is 11.7 Å². The lowest BCUT2D eigenvalue weighted by molar-refractivity contribution is -0.199. The highest BCUT2D eigenvalue weighted by Gasteiger charge is 2.68. The number of nitrogens with two attached hydrogens (primary N) is 1. The molecule has 22 heavy (non-hydrogen) atoms. The second kappa shape index (κ2) is 4.83. The Kier molecular flexibility index (Phi) is 3.23. The third kappa shape index (κ3) is 2.00. The van der Waals surface area contributed by atoms with Crippen LogP contribution < -0.4 is 5.73 Å². The summed E-state index contributed by atoms with van der Waals surface area (Å²) in [6, 6.07) is 10.4. The van der Waals surface area contributed by atoms with Crippen LogP contribution in [0.3, 0.4) is 0 Å². The fourth-order valence-corrected chi connectivity index (χ4v) is 5.06. The Morgan fingerprint density at radius 3 is 2.64 bits per heavy atom. The van der Waals surface area contributed by atoms with Gasteiger partial charge in [-0.3, -0.25) is 0 Å². The fraction of sp³-hybridized carbons (Fsp3) is 0.667. The molecule has 3 nitrogen and oxygen atoms in total. The predicted molar refractivity (Wildman–Crippen MR) is 88.2 cm³/mol. The SMILES string of the molecule is CC1(C)[C@H]2C[C@@H]3OB([C@H](N)Cc4ccccc4)O[C@]3(C)[C@@H]1C2. The Balaban J connectivity index is 1.48. The first kappa shape index (κ1) is 14.7. The van der Waals surface area contributed by atoms with Gasteiger partial charge in [0.1, 0.15) is 0 Å².